The zero-order valence-corrected chi connectivity index (χ0v) is 11.3. The van der Waals surface area contributed by atoms with Crippen LogP contribution in [0.15, 0.2) is 0 Å². The summed E-state index contributed by atoms with van der Waals surface area (Å²) in [7, 11) is 3.57. The topological polar surface area (TPSA) is 45.2 Å². The van der Waals surface area contributed by atoms with Crippen LogP contribution in [0.3, 0.4) is 0 Å². The third-order valence-electron chi connectivity index (χ3n) is 3.36. The standard InChI is InChI=1S/C12H23N3O3/c1-13(2)12(16)15-5-8-18-11(10-15)9-14-3-6-17-7-4-14/h11H,3-10H2,1-2H3. The Balaban J connectivity index is 1.80. The normalized spacial score (nSPS) is 26.1. The number of hydrogen-bond donors (Lipinski definition) is 0. The van der Waals surface area contributed by atoms with Crippen molar-refractivity contribution < 1.29 is 14.3 Å². The second-order valence-electron chi connectivity index (χ2n) is 5.03. The van der Waals surface area contributed by atoms with Crippen LogP contribution in [0.4, 0.5) is 4.79 Å². The fraction of sp³-hybridized carbons (Fsp3) is 0.917. The number of carbonyl (C=O) groups is 1. The molecule has 2 rings (SSSR count). The minimum absolute atomic E-state index is 0.0743. The van der Waals surface area contributed by atoms with E-state index in [0.29, 0.717) is 19.7 Å². The molecule has 0 radical (unpaired) electrons. The molecule has 0 saturated carbocycles. The fourth-order valence-corrected chi connectivity index (χ4v) is 2.36. The van der Waals surface area contributed by atoms with Crippen molar-refractivity contribution >= 4 is 6.03 Å². The summed E-state index contributed by atoms with van der Waals surface area (Å²) < 4.78 is 11.1. The van der Waals surface area contributed by atoms with Gasteiger partial charge in [-0.1, -0.05) is 0 Å². The molecule has 0 bridgehead atoms. The molecule has 1 atom stereocenters. The van der Waals surface area contributed by atoms with E-state index in [4.69, 9.17) is 9.47 Å². The lowest BCUT2D eigenvalue weighted by atomic mass is 10.2. The Morgan fingerprint density at radius 3 is 2.61 bits per heavy atom. The predicted octanol–water partition coefficient (Wildman–Crippen LogP) is -0.299. The van der Waals surface area contributed by atoms with Gasteiger partial charge in [-0.05, 0) is 0 Å². The van der Waals surface area contributed by atoms with E-state index in [0.717, 1.165) is 32.8 Å². The van der Waals surface area contributed by atoms with Crippen molar-refractivity contribution in [3.05, 3.63) is 0 Å². The van der Waals surface area contributed by atoms with Gasteiger partial charge in [-0.3, -0.25) is 4.90 Å². The van der Waals surface area contributed by atoms with E-state index in [1.165, 1.54) is 0 Å². The van der Waals surface area contributed by atoms with Crippen molar-refractivity contribution in [2.45, 2.75) is 6.10 Å². The van der Waals surface area contributed by atoms with Gasteiger partial charge in [0.1, 0.15) is 0 Å². The van der Waals surface area contributed by atoms with Gasteiger partial charge in [0.15, 0.2) is 0 Å². The molecule has 2 saturated heterocycles. The average Bonchev–Trinajstić information content (AvgIpc) is 2.39. The van der Waals surface area contributed by atoms with E-state index in [-0.39, 0.29) is 12.1 Å². The third-order valence-corrected chi connectivity index (χ3v) is 3.36. The summed E-state index contributed by atoms with van der Waals surface area (Å²) in [5.41, 5.74) is 0. The zero-order valence-electron chi connectivity index (χ0n) is 11.3. The van der Waals surface area contributed by atoms with E-state index in [2.05, 4.69) is 4.90 Å². The summed E-state index contributed by atoms with van der Waals surface area (Å²) in [5, 5.41) is 0. The van der Waals surface area contributed by atoms with Crippen LogP contribution in [-0.2, 0) is 9.47 Å². The van der Waals surface area contributed by atoms with Crippen molar-refractivity contribution in [2.24, 2.45) is 0 Å². The number of amides is 2. The SMILES string of the molecule is CN(C)C(=O)N1CCOC(CN2CCOCC2)C1. The van der Waals surface area contributed by atoms with Crippen molar-refractivity contribution in [2.75, 3.05) is 66.6 Å². The number of nitrogens with zero attached hydrogens (tertiary/aromatic N) is 3. The molecule has 0 aromatic heterocycles. The molecule has 2 amide bonds. The molecule has 1 unspecified atom stereocenters. The number of rotatable bonds is 2. The Morgan fingerprint density at radius 1 is 1.22 bits per heavy atom. The number of morpholine rings is 2. The fourth-order valence-electron chi connectivity index (χ4n) is 2.36. The summed E-state index contributed by atoms with van der Waals surface area (Å²) in [6.07, 6.45) is 0.126. The summed E-state index contributed by atoms with van der Waals surface area (Å²) in [4.78, 5) is 17.7. The van der Waals surface area contributed by atoms with Crippen LogP contribution in [-0.4, -0.2) is 93.5 Å². The van der Waals surface area contributed by atoms with Crippen LogP contribution in [0.5, 0.6) is 0 Å². The van der Waals surface area contributed by atoms with E-state index >= 15 is 0 Å². The first kappa shape index (κ1) is 13.6. The van der Waals surface area contributed by atoms with Crippen LogP contribution in [0.25, 0.3) is 0 Å². The van der Waals surface area contributed by atoms with Gasteiger partial charge in [0.25, 0.3) is 0 Å². The maximum Gasteiger partial charge on any atom is 0.319 e. The molecule has 0 N–H and O–H groups in total. The van der Waals surface area contributed by atoms with Crippen LogP contribution in [0.2, 0.25) is 0 Å². The van der Waals surface area contributed by atoms with Gasteiger partial charge in [0, 0.05) is 46.8 Å². The lowest BCUT2D eigenvalue weighted by Gasteiger charge is -2.37. The number of hydrogen-bond acceptors (Lipinski definition) is 4. The molecule has 0 spiro atoms. The first-order chi connectivity index (χ1) is 8.66. The molecule has 2 aliphatic rings. The van der Waals surface area contributed by atoms with E-state index in [9.17, 15) is 4.79 Å². The molecule has 6 heteroatoms. The number of ether oxygens (including phenoxy) is 2. The molecular formula is C12H23N3O3. The van der Waals surface area contributed by atoms with Gasteiger partial charge in [-0.2, -0.15) is 0 Å². The van der Waals surface area contributed by atoms with Gasteiger partial charge < -0.3 is 19.3 Å². The Labute approximate surface area is 108 Å². The van der Waals surface area contributed by atoms with Crippen molar-refractivity contribution in [1.29, 1.82) is 0 Å². The lowest BCUT2D eigenvalue weighted by molar-refractivity contribution is -0.0488. The molecular weight excluding hydrogens is 234 g/mol. The molecule has 18 heavy (non-hydrogen) atoms. The van der Waals surface area contributed by atoms with Gasteiger partial charge in [0.05, 0.1) is 25.9 Å². The smallest absolute Gasteiger partial charge is 0.319 e. The second-order valence-corrected chi connectivity index (χ2v) is 5.03. The van der Waals surface area contributed by atoms with Crippen LogP contribution >= 0.6 is 0 Å². The van der Waals surface area contributed by atoms with Gasteiger partial charge in [-0.15, -0.1) is 0 Å². The van der Waals surface area contributed by atoms with Crippen LogP contribution < -0.4 is 0 Å². The van der Waals surface area contributed by atoms with Gasteiger partial charge >= 0.3 is 6.03 Å². The summed E-state index contributed by atoms with van der Waals surface area (Å²) in [6.45, 7) is 6.42. The van der Waals surface area contributed by atoms with Crippen molar-refractivity contribution in [1.82, 2.24) is 14.7 Å². The molecule has 0 aromatic carbocycles. The molecule has 104 valence electrons. The highest BCUT2D eigenvalue weighted by atomic mass is 16.5. The Bertz CT molecular complexity index is 280. The zero-order chi connectivity index (χ0) is 13.0. The Hall–Kier alpha value is -0.850. The first-order valence-electron chi connectivity index (χ1n) is 6.55. The molecule has 2 fully saturated rings. The maximum atomic E-state index is 11.9. The highest BCUT2D eigenvalue weighted by Gasteiger charge is 2.27. The quantitative estimate of drug-likeness (QED) is 0.681. The highest BCUT2D eigenvalue weighted by molar-refractivity contribution is 5.73. The Morgan fingerprint density at radius 2 is 1.94 bits per heavy atom. The molecule has 0 aromatic rings. The molecule has 2 heterocycles. The first-order valence-corrected chi connectivity index (χ1v) is 6.55. The van der Waals surface area contributed by atoms with Crippen LogP contribution in [0, 0.1) is 0 Å². The molecule has 6 nitrogen and oxygen atoms in total. The summed E-state index contributed by atoms with van der Waals surface area (Å²) >= 11 is 0. The predicted molar refractivity (Wildman–Crippen MR) is 67.7 cm³/mol. The van der Waals surface area contributed by atoms with E-state index < -0.39 is 0 Å². The summed E-state index contributed by atoms with van der Waals surface area (Å²) in [6, 6.07) is 0.0743. The summed E-state index contributed by atoms with van der Waals surface area (Å²) in [5.74, 6) is 0. The largest absolute Gasteiger partial charge is 0.379 e. The second kappa shape index (κ2) is 6.36. The lowest BCUT2D eigenvalue weighted by Crippen LogP contribution is -2.53. The van der Waals surface area contributed by atoms with Crippen LogP contribution in [0.1, 0.15) is 0 Å². The van der Waals surface area contributed by atoms with E-state index in [1.54, 1.807) is 19.0 Å². The number of urea groups is 1. The van der Waals surface area contributed by atoms with Gasteiger partial charge in [0.2, 0.25) is 0 Å². The highest BCUT2D eigenvalue weighted by Crippen LogP contribution is 2.09. The molecule has 0 aliphatic carbocycles. The average molecular weight is 257 g/mol. The Kier molecular flexibility index (Phi) is 4.79. The minimum atomic E-state index is 0.0743. The number of carbonyl (C=O) groups excluding carboxylic acids is 1. The van der Waals surface area contributed by atoms with E-state index in [1.807, 2.05) is 4.90 Å². The molecule has 2 aliphatic heterocycles. The van der Waals surface area contributed by atoms with Gasteiger partial charge in [-0.25, -0.2) is 4.79 Å². The minimum Gasteiger partial charge on any atom is -0.379 e. The van der Waals surface area contributed by atoms with Crippen molar-refractivity contribution in [3.8, 4) is 0 Å². The van der Waals surface area contributed by atoms with Crippen molar-refractivity contribution in [3.63, 3.8) is 0 Å². The maximum absolute atomic E-state index is 11.9. The monoisotopic (exact) mass is 257 g/mol. The third kappa shape index (κ3) is 3.57.